The summed E-state index contributed by atoms with van der Waals surface area (Å²) in [6, 6.07) is 28.5. The van der Waals surface area contributed by atoms with Crippen LogP contribution in [-0.2, 0) is 32.6 Å². The van der Waals surface area contributed by atoms with Crippen molar-refractivity contribution in [2.75, 3.05) is 10.8 Å². The lowest BCUT2D eigenvalue weighted by Crippen LogP contribution is -2.54. The molecule has 0 aromatic heterocycles. The standard InChI is InChI=1S/C38H45N3O4S/c1-7-31(6)39-38(43)36(24-32-13-9-8-10-14-32)40(25-33-15-11-12-28(3)23-33)37(42)26-41(35-21-18-29(4)22-30(35)5)46(44,45)34-19-16-27(2)17-20-34/h8-23,31,36H,7,24-26H2,1-6H3,(H,39,43)/t31-,36-/m0/s1. The number of anilines is 1. The first-order valence-corrected chi connectivity index (χ1v) is 17.2. The largest absolute Gasteiger partial charge is 0.352 e. The number of nitrogens with one attached hydrogen (secondary N) is 1. The summed E-state index contributed by atoms with van der Waals surface area (Å²) >= 11 is 0. The first-order chi connectivity index (χ1) is 21.9. The Kier molecular flexibility index (Phi) is 11.4. The van der Waals surface area contributed by atoms with Crippen LogP contribution in [0.4, 0.5) is 5.69 Å². The summed E-state index contributed by atoms with van der Waals surface area (Å²) in [6.45, 7) is 11.2. The van der Waals surface area contributed by atoms with Crippen LogP contribution in [0.5, 0.6) is 0 Å². The van der Waals surface area contributed by atoms with Crippen LogP contribution >= 0.6 is 0 Å². The molecule has 0 radical (unpaired) electrons. The van der Waals surface area contributed by atoms with E-state index in [2.05, 4.69) is 5.32 Å². The predicted octanol–water partition coefficient (Wildman–Crippen LogP) is 6.67. The van der Waals surface area contributed by atoms with Gasteiger partial charge in [-0.1, -0.05) is 102 Å². The minimum Gasteiger partial charge on any atom is -0.352 e. The minimum atomic E-state index is -4.16. The van der Waals surface area contributed by atoms with E-state index >= 15 is 0 Å². The number of rotatable bonds is 13. The van der Waals surface area contributed by atoms with Gasteiger partial charge in [-0.2, -0.15) is 0 Å². The molecule has 4 rings (SSSR count). The molecule has 46 heavy (non-hydrogen) atoms. The lowest BCUT2D eigenvalue weighted by Gasteiger charge is -2.34. The number of hydrogen-bond donors (Lipinski definition) is 1. The normalized spacial score (nSPS) is 12.7. The molecule has 0 aliphatic heterocycles. The van der Waals surface area contributed by atoms with Crippen LogP contribution in [0.25, 0.3) is 0 Å². The highest BCUT2D eigenvalue weighted by atomic mass is 32.2. The summed E-state index contributed by atoms with van der Waals surface area (Å²) in [5, 5.41) is 3.08. The number of hydrogen-bond acceptors (Lipinski definition) is 4. The van der Waals surface area contributed by atoms with Gasteiger partial charge in [-0.05, 0) is 75.9 Å². The van der Waals surface area contributed by atoms with E-state index in [4.69, 9.17) is 0 Å². The van der Waals surface area contributed by atoms with E-state index in [9.17, 15) is 18.0 Å². The Hall–Kier alpha value is -4.43. The highest BCUT2D eigenvalue weighted by Crippen LogP contribution is 2.29. The summed E-state index contributed by atoms with van der Waals surface area (Å²) < 4.78 is 29.8. The van der Waals surface area contributed by atoms with Crippen LogP contribution in [0.2, 0.25) is 0 Å². The molecule has 0 saturated carbocycles. The van der Waals surface area contributed by atoms with Gasteiger partial charge in [0.15, 0.2) is 0 Å². The predicted molar refractivity (Wildman–Crippen MR) is 185 cm³/mol. The summed E-state index contributed by atoms with van der Waals surface area (Å²) in [4.78, 5) is 30.3. The summed E-state index contributed by atoms with van der Waals surface area (Å²) in [5.41, 5.74) is 5.81. The molecule has 2 amide bonds. The van der Waals surface area contributed by atoms with Crippen LogP contribution < -0.4 is 9.62 Å². The number of benzene rings is 4. The molecule has 0 unspecified atom stereocenters. The van der Waals surface area contributed by atoms with E-state index in [1.54, 1.807) is 35.2 Å². The number of aryl methyl sites for hydroxylation is 4. The molecule has 0 aliphatic rings. The lowest BCUT2D eigenvalue weighted by atomic mass is 10.0. The maximum atomic E-state index is 14.7. The molecule has 1 N–H and O–H groups in total. The monoisotopic (exact) mass is 639 g/mol. The number of amides is 2. The zero-order valence-electron chi connectivity index (χ0n) is 27.7. The summed E-state index contributed by atoms with van der Waals surface area (Å²) in [5.74, 6) is -0.754. The van der Waals surface area contributed by atoms with E-state index in [1.807, 2.05) is 108 Å². The maximum absolute atomic E-state index is 14.7. The third-order valence-electron chi connectivity index (χ3n) is 8.22. The van der Waals surface area contributed by atoms with E-state index in [-0.39, 0.29) is 29.8 Å². The van der Waals surface area contributed by atoms with E-state index < -0.39 is 28.5 Å². The maximum Gasteiger partial charge on any atom is 0.264 e. The molecule has 0 spiro atoms. The first-order valence-electron chi connectivity index (χ1n) is 15.7. The molecular formula is C38H45N3O4S. The van der Waals surface area contributed by atoms with Gasteiger partial charge in [-0.25, -0.2) is 8.42 Å². The third kappa shape index (κ3) is 8.63. The fraction of sp³-hybridized carbons (Fsp3) is 0.316. The van der Waals surface area contributed by atoms with Crippen molar-refractivity contribution in [2.45, 2.75) is 77.9 Å². The highest BCUT2D eigenvalue weighted by molar-refractivity contribution is 7.92. The van der Waals surface area contributed by atoms with Gasteiger partial charge in [0.1, 0.15) is 12.6 Å². The lowest BCUT2D eigenvalue weighted by molar-refractivity contribution is -0.140. The molecule has 0 aliphatic carbocycles. The van der Waals surface area contributed by atoms with Crippen molar-refractivity contribution in [2.24, 2.45) is 0 Å². The number of carbonyl (C=O) groups is 2. The SMILES string of the molecule is CC[C@H](C)NC(=O)[C@H](Cc1ccccc1)N(Cc1cccc(C)c1)C(=O)CN(c1ccc(C)cc1C)S(=O)(=O)c1ccc(C)cc1. The Morgan fingerprint density at radius 1 is 0.761 bits per heavy atom. The molecule has 8 heteroatoms. The Morgan fingerprint density at radius 2 is 1.39 bits per heavy atom. The molecule has 0 fully saturated rings. The van der Waals surface area contributed by atoms with Crippen LogP contribution in [0.15, 0.2) is 102 Å². The molecule has 4 aromatic carbocycles. The number of sulfonamides is 1. The first kappa shape index (κ1) is 34.4. The smallest absolute Gasteiger partial charge is 0.264 e. The Morgan fingerprint density at radius 3 is 2.02 bits per heavy atom. The van der Waals surface area contributed by atoms with Gasteiger partial charge < -0.3 is 10.2 Å². The van der Waals surface area contributed by atoms with Crippen molar-refractivity contribution in [3.8, 4) is 0 Å². The third-order valence-corrected chi connectivity index (χ3v) is 9.99. The van der Waals surface area contributed by atoms with Gasteiger partial charge in [0.25, 0.3) is 10.0 Å². The van der Waals surface area contributed by atoms with E-state index in [0.29, 0.717) is 5.69 Å². The average Bonchev–Trinajstić information content (AvgIpc) is 3.02. The topological polar surface area (TPSA) is 86.8 Å². The van der Waals surface area contributed by atoms with Crippen molar-refractivity contribution in [3.05, 3.63) is 130 Å². The second-order valence-corrected chi connectivity index (χ2v) is 14.0. The van der Waals surface area contributed by atoms with Crippen LogP contribution in [0, 0.1) is 27.7 Å². The molecule has 0 saturated heterocycles. The zero-order valence-corrected chi connectivity index (χ0v) is 28.5. The van der Waals surface area contributed by atoms with Gasteiger partial charge >= 0.3 is 0 Å². The number of carbonyl (C=O) groups excluding carboxylic acids is 2. The molecule has 0 heterocycles. The molecule has 242 valence electrons. The van der Waals surface area contributed by atoms with Gasteiger partial charge in [0.2, 0.25) is 11.8 Å². The molecule has 0 bridgehead atoms. The average molecular weight is 640 g/mol. The van der Waals surface area contributed by atoms with Crippen molar-refractivity contribution in [3.63, 3.8) is 0 Å². The quantitative estimate of drug-likeness (QED) is 0.177. The molecule has 4 aromatic rings. The second kappa shape index (κ2) is 15.2. The molecule has 7 nitrogen and oxygen atoms in total. The van der Waals surface area contributed by atoms with Gasteiger partial charge in [-0.3, -0.25) is 13.9 Å². The van der Waals surface area contributed by atoms with Crippen LogP contribution in [0.3, 0.4) is 0 Å². The zero-order chi connectivity index (χ0) is 33.4. The van der Waals surface area contributed by atoms with Crippen molar-refractivity contribution < 1.29 is 18.0 Å². The van der Waals surface area contributed by atoms with Gasteiger partial charge in [-0.15, -0.1) is 0 Å². The van der Waals surface area contributed by atoms with Crippen molar-refractivity contribution in [1.29, 1.82) is 0 Å². The van der Waals surface area contributed by atoms with E-state index in [0.717, 1.165) is 39.8 Å². The van der Waals surface area contributed by atoms with Crippen LogP contribution in [0.1, 0.15) is 53.6 Å². The highest BCUT2D eigenvalue weighted by Gasteiger charge is 2.35. The number of nitrogens with zero attached hydrogens (tertiary/aromatic N) is 2. The Labute approximate surface area is 274 Å². The van der Waals surface area contributed by atoms with Crippen molar-refractivity contribution in [1.82, 2.24) is 10.2 Å². The Bertz CT molecular complexity index is 1750. The molecular weight excluding hydrogens is 595 g/mol. The summed E-state index contributed by atoms with van der Waals surface area (Å²) in [6.07, 6.45) is 1.000. The fourth-order valence-electron chi connectivity index (χ4n) is 5.44. The van der Waals surface area contributed by atoms with E-state index in [1.165, 1.54) is 4.31 Å². The molecule has 2 atom stereocenters. The second-order valence-electron chi connectivity index (χ2n) is 12.1. The summed E-state index contributed by atoms with van der Waals surface area (Å²) in [7, 11) is -4.16. The van der Waals surface area contributed by atoms with Gasteiger partial charge in [0, 0.05) is 19.0 Å². The van der Waals surface area contributed by atoms with Crippen LogP contribution in [-0.4, -0.2) is 43.8 Å². The fourth-order valence-corrected chi connectivity index (χ4v) is 6.92. The Balaban J connectivity index is 1.83. The van der Waals surface area contributed by atoms with Gasteiger partial charge in [0.05, 0.1) is 10.6 Å². The van der Waals surface area contributed by atoms with Crippen molar-refractivity contribution >= 4 is 27.5 Å². The minimum absolute atomic E-state index is 0.0893.